The highest BCUT2D eigenvalue weighted by atomic mass is 16.4. The Morgan fingerprint density at radius 1 is 1.04 bits per heavy atom. The summed E-state index contributed by atoms with van der Waals surface area (Å²) < 4.78 is 0. The van der Waals surface area contributed by atoms with E-state index in [9.17, 15) is 14.7 Å². The molecule has 0 spiro atoms. The van der Waals surface area contributed by atoms with Crippen LogP contribution in [0.15, 0.2) is 30.3 Å². The summed E-state index contributed by atoms with van der Waals surface area (Å²) in [4.78, 5) is 26.6. The molecule has 0 aliphatic heterocycles. The molecule has 1 aromatic rings. The van der Waals surface area contributed by atoms with E-state index in [4.69, 9.17) is 0 Å². The molecule has 3 aliphatic rings. The van der Waals surface area contributed by atoms with Crippen molar-refractivity contribution in [1.82, 2.24) is 5.32 Å². The third-order valence-corrected chi connectivity index (χ3v) is 6.89. The van der Waals surface area contributed by atoms with Crippen LogP contribution in [0.5, 0.6) is 0 Å². The fourth-order valence-corrected chi connectivity index (χ4v) is 5.66. The van der Waals surface area contributed by atoms with Gasteiger partial charge in [-0.15, -0.1) is 0 Å². The maximum Gasteiger partial charge on any atom is 0.306 e. The van der Waals surface area contributed by atoms with Crippen LogP contribution in [-0.4, -0.2) is 35.6 Å². The number of carbonyl (C=O) groups is 2. The minimum Gasteiger partial charge on any atom is -0.481 e. The van der Waals surface area contributed by atoms with Crippen LogP contribution in [0, 0.1) is 17.8 Å². The van der Waals surface area contributed by atoms with Crippen LogP contribution in [0.25, 0.3) is 0 Å². The summed E-state index contributed by atoms with van der Waals surface area (Å²) in [5.74, 6) is -0.108. The molecule has 4 rings (SSSR count). The van der Waals surface area contributed by atoms with Crippen LogP contribution in [-0.2, 0) is 9.59 Å². The minimum absolute atomic E-state index is 0.114. The zero-order chi connectivity index (χ0) is 18.8. The van der Waals surface area contributed by atoms with Crippen molar-refractivity contribution in [2.24, 2.45) is 17.8 Å². The van der Waals surface area contributed by atoms with Crippen LogP contribution >= 0.6 is 0 Å². The van der Waals surface area contributed by atoms with E-state index < -0.39 is 5.97 Å². The monoisotopic (exact) mass is 370 g/mol. The van der Waals surface area contributed by atoms with Crippen molar-refractivity contribution in [3.8, 4) is 0 Å². The first kappa shape index (κ1) is 18.5. The number of hydrogen-bond acceptors (Lipinski definition) is 3. The van der Waals surface area contributed by atoms with Crippen molar-refractivity contribution >= 4 is 17.6 Å². The number of carboxylic acids is 1. The van der Waals surface area contributed by atoms with Gasteiger partial charge < -0.3 is 15.3 Å². The number of hydrogen-bond donors (Lipinski definition) is 2. The van der Waals surface area contributed by atoms with E-state index in [0.717, 1.165) is 37.8 Å². The molecular formula is C22H30N2O3. The quantitative estimate of drug-likeness (QED) is 0.805. The molecule has 0 saturated heterocycles. The summed E-state index contributed by atoms with van der Waals surface area (Å²) in [6, 6.07) is 10.4. The molecule has 5 nitrogen and oxygen atoms in total. The van der Waals surface area contributed by atoms with E-state index in [1.807, 2.05) is 35.2 Å². The number of anilines is 1. The maximum atomic E-state index is 13.2. The molecule has 146 valence electrons. The van der Waals surface area contributed by atoms with E-state index in [1.165, 1.54) is 19.3 Å². The van der Waals surface area contributed by atoms with Gasteiger partial charge in [0.2, 0.25) is 5.91 Å². The molecule has 1 amide bonds. The number of benzene rings is 1. The van der Waals surface area contributed by atoms with E-state index in [1.54, 1.807) is 0 Å². The largest absolute Gasteiger partial charge is 0.481 e. The Labute approximate surface area is 161 Å². The van der Waals surface area contributed by atoms with Gasteiger partial charge in [-0.25, -0.2) is 0 Å². The fourth-order valence-electron chi connectivity index (χ4n) is 5.66. The summed E-state index contributed by atoms with van der Waals surface area (Å²) in [6.45, 7) is 0.297. The number of rotatable bonds is 6. The Bertz CT molecular complexity index is 671. The Morgan fingerprint density at radius 3 is 2.44 bits per heavy atom. The molecule has 3 saturated carbocycles. The number of carboxylic acid groups (broad SMARTS) is 1. The number of para-hydroxylation sites is 1. The van der Waals surface area contributed by atoms with Crippen LogP contribution in [0.3, 0.4) is 0 Å². The molecule has 5 heteroatoms. The van der Waals surface area contributed by atoms with Crippen molar-refractivity contribution in [3.05, 3.63) is 30.3 Å². The SMILES string of the molecule is O=C(O)C1CC2CC(NCC(=O)N(c3ccccc3)C3CCCCC3)C1C2. The highest BCUT2D eigenvalue weighted by Crippen LogP contribution is 2.48. The van der Waals surface area contributed by atoms with Crippen molar-refractivity contribution in [2.75, 3.05) is 11.4 Å². The van der Waals surface area contributed by atoms with Gasteiger partial charge in [-0.2, -0.15) is 0 Å². The fraction of sp³-hybridized carbons (Fsp3) is 0.636. The van der Waals surface area contributed by atoms with Gasteiger partial charge in [0, 0.05) is 17.8 Å². The molecule has 4 atom stereocenters. The van der Waals surface area contributed by atoms with Gasteiger partial charge in [-0.3, -0.25) is 9.59 Å². The van der Waals surface area contributed by atoms with Gasteiger partial charge in [0.15, 0.2) is 0 Å². The van der Waals surface area contributed by atoms with Gasteiger partial charge in [-0.1, -0.05) is 37.5 Å². The van der Waals surface area contributed by atoms with Gasteiger partial charge in [0.25, 0.3) is 0 Å². The number of nitrogens with one attached hydrogen (secondary N) is 1. The van der Waals surface area contributed by atoms with Crippen LogP contribution in [0.4, 0.5) is 5.69 Å². The second-order valence-corrected chi connectivity index (χ2v) is 8.56. The predicted molar refractivity (Wildman–Crippen MR) is 105 cm³/mol. The average molecular weight is 370 g/mol. The number of amides is 1. The van der Waals surface area contributed by atoms with Crippen LogP contribution in [0.2, 0.25) is 0 Å². The summed E-state index contributed by atoms with van der Waals surface area (Å²) in [6.07, 6.45) is 8.57. The standard InChI is InChI=1S/C22H30N2O3/c25-21(14-23-20-13-15-11-18(20)19(12-15)22(26)27)24(16-7-3-1-4-8-16)17-9-5-2-6-10-17/h1,3-4,7-8,15,17-20,23H,2,5-6,9-14H2,(H,26,27). The van der Waals surface area contributed by atoms with Crippen molar-refractivity contribution < 1.29 is 14.7 Å². The molecule has 0 radical (unpaired) electrons. The lowest BCUT2D eigenvalue weighted by molar-refractivity contribution is -0.143. The van der Waals surface area contributed by atoms with Gasteiger partial charge in [0.1, 0.15) is 0 Å². The summed E-state index contributed by atoms with van der Waals surface area (Å²) in [5.41, 5.74) is 0.979. The van der Waals surface area contributed by atoms with Crippen LogP contribution in [0.1, 0.15) is 51.4 Å². The third-order valence-electron chi connectivity index (χ3n) is 6.89. The topological polar surface area (TPSA) is 69.6 Å². The lowest BCUT2D eigenvalue weighted by atomic mass is 9.85. The van der Waals surface area contributed by atoms with E-state index in [0.29, 0.717) is 12.5 Å². The van der Waals surface area contributed by atoms with E-state index in [2.05, 4.69) is 5.32 Å². The van der Waals surface area contributed by atoms with Crippen molar-refractivity contribution in [1.29, 1.82) is 0 Å². The Hall–Kier alpha value is -1.88. The number of fused-ring (bicyclic) bond motifs is 2. The molecule has 0 aromatic heterocycles. The maximum absolute atomic E-state index is 13.2. The molecule has 27 heavy (non-hydrogen) atoms. The van der Waals surface area contributed by atoms with Crippen LogP contribution < -0.4 is 10.2 Å². The second-order valence-electron chi connectivity index (χ2n) is 8.56. The number of carbonyl (C=O) groups excluding carboxylic acids is 1. The van der Waals surface area contributed by atoms with Gasteiger partial charge >= 0.3 is 5.97 Å². The highest BCUT2D eigenvalue weighted by molar-refractivity contribution is 5.95. The normalized spacial score (nSPS) is 30.4. The molecule has 2 bridgehead atoms. The third kappa shape index (κ3) is 3.88. The van der Waals surface area contributed by atoms with Gasteiger partial charge in [0.05, 0.1) is 12.5 Å². The zero-order valence-electron chi connectivity index (χ0n) is 15.8. The molecule has 3 fully saturated rings. The predicted octanol–water partition coefficient (Wildman–Crippen LogP) is 3.44. The molecule has 0 heterocycles. The van der Waals surface area contributed by atoms with E-state index >= 15 is 0 Å². The lowest BCUT2D eigenvalue weighted by Gasteiger charge is -2.35. The van der Waals surface area contributed by atoms with E-state index in [-0.39, 0.29) is 29.8 Å². The summed E-state index contributed by atoms with van der Waals surface area (Å²) in [7, 11) is 0. The van der Waals surface area contributed by atoms with Crippen molar-refractivity contribution in [2.45, 2.75) is 63.5 Å². The molecular weight excluding hydrogens is 340 g/mol. The second kappa shape index (κ2) is 8.01. The first-order valence-electron chi connectivity index (χ1n) is 10.5. The van der Waals surface area contributed by atoms with Gasteiger partial charge in [-0.05, 0) is 56.1 Å². The average Bonchev–Trinajstić information content (AvgIpc) is 3.29. The first-order chi connectivity index (χ1) is 13.1. The smallest absolute Gasteiger partial charge is 0.306 e. The first-order valence-corrected chi connectivity index (χ1v) is 10.5. The lowest BCUT2D eigenvalue weighted by Crippen LogP contribution is -2.49. The Morgan fingerprint density at radius 2 is 1.78 bits per heavy atom. The number of aliphatic carboxylic acids is 1. The minimum atomic E-state index is -0.673. The molecule has 2 N–H and O–H groups in total. The molecule has 4 unspecified atom stereocenters. The Kier molecular flexibility index (Phi) is 5.48. The molecule has 3 aliphatic carbocycles. The van der Waals surface area contributed by atoms with Crippen molar-refractivity contribution in [3.63, 3.8) is 0 Å². The highest BCUT2D eigenvalue weighted by Gasteiger charge is 2.49. The Balaban J connectivity index is 1.42. The molecule has 1 aromatic carbocycles. The summed E-state index contributed by atoms with van der Waals surface area (Å²) >= 11 is 0. The number of nitrogens with zero attached hydrogens (tertiary/aromatic N) is 1. The summed E-state index contributed by atoms with van der Waals surface area (Å²) in [5, 5.41) is 12.9. The zero-order valence-corrected chi connectivity index (χ0v) is 15.8.